The van der Waals surface area contributed by atoms with Crippen LogP contribution in [0.2, 0.25) is 0 Å². The van der Waals surface area contributed by atoms with E-state index < -0.39 is 0 Å². The molecule has 0 radical (unpaired) electrons. The van der Waals surface area contributed by atoms with Crippen LogP contribution >= 0.6 is 0 Å². The number of nitrogens with zero attached hydrogens (tertiary/aromatic N) is 5. The molecule has 2 aromatic carbocycles. The van der Waals surface area contributed by atoms with Gasteiger partial charge in [0.1, 0.15) is 0 Å². The van der Waals surface area contributed by atoms with E-state index in [0.29, 0.717) is 34.6 Å². The predicted molar refractivity (Wildman–Crippen MR) is 113 cm³/mol. The Labute approximate surface area is 179 Å². The molecule has 0 spiro atoms. The Hall–Kier alpha value is -3.81. The largest absolute Gasteiger partial charge is 0.420 e. The standard InChI is InChI=1S/C23H23N5O3/c1-15(12-17-8-5-4-6-9-17)21-25-26-22(30-21)18-10-7-11-19(13-18)23(29)28(3)14-20-24-16(2)31-27-20/h4-11,13,15H,12,14H2,1-3H3. The molecule has 0 bridgehead atoms. The van der Waals surface area contributed by atoms with Gasteiger partial charge < -0.3 is 13.8 Å². The Morgan fingerprint density at radius 3 is 2.65 bits per heavy atom. The van der Waals surface area contributed by atoms with E-state index in [4.69, 9.17) is 8.94 Å². The highest BCUT2D eigenvalue weighted by molar-refractivity contribution is 5.95. The molecule has 0 aliphatic rings. The van der Waals surface area contributed by atoms with E-state index in [2.05, 4.69) is 39.4 Å². The van der Waals surface area contributed by atoms with Crippen molar-refractivity contribution >= 4 is 5.91 Å². The number of amides is 1. The fourth-order valence-electron chi connectivity index (χ4n) is 3.30. The highest BCUT2D eigenvalue weighted by Crippen LogP contribution is 2.25. The zero-order valence-corrected chi connectivity index (χ0v) is 17.6. The molecule has 0 N–H and O–H groups in total. The summed E-state index contributed by atoms with van der Waals surface area (Å²) in [6, 6.07) is 17.3. The van der Waals surface area contributed by atoms with Crippen molar-refractivity contribution in [3.8, 4) is 11.5 Å². The van der Waals surface area contributed by atoms with E-state index in [9.17, 15) is 4.79 Å². The molecule has 4 rings (SSSR count). The molecule has 2 aromatic heterocycles. The van der Waals surface area contributed by atoms with Crippen LogP contribution in [0.4, 0.5) is 0 Å². The summed E-state index contributed by atoms with van der Waals surface area (Å²) < 4.78 is 10.9. The van der Waals surface area contributed by atoms with Crippen molar-refractivity contribution < 1.29 is 13.7 Å². The second-order valence-electron chi connectivity index (χ2n) is 7.51. The lowest BCUT2D eigenvalue weighted by Gasteiger charge is -2.15. The molecular formula is C23H23N5O3. The van der Waals surface area contributed by atoms with Crippen molar-refractivity contribution in [2.24, 2.45) is 0 Å². The number of rotatable bonds is 7. The Bertz CT molecular complexity index is 1170. The molecule has 158 valence electrons. The van der Waals surface area contributed by atoms with Gasteiger partial charge >= 0.3 is 0 Å². The minimum atomic E-state index is -0.165. The van der Waals surface area contributed by atoms with Crippen LogP contribution in [0.5, 0.6) is 0 Å². The first-order chi connectivity index (χ1) is 15.0. The number of hydrogen-bond acceptors (Lipinski definition) is 7. The Kier molecular flexibility index (Phi) is 5.88. The summed E-state index contributed by atoms with van der Waals surface area (Å²) in [7, 11) is 1.69. The number of aryl methyl sites for hydroxylation is 1. The van der Waals surface area contributed by atoms with Crippen molar-refractivity contribution in [1.29, 1.82) is 0 Å². The summed E-state index contributed by atoms with van der Waals surface area (Å²) >= 11 is 0. The molecule has 2 heterocycles. The van der Waals surface area contributed by atoms with Gasteiger partial charge in [0.2, 0.25) is 17.7 Å². The van der Waals surface area contributed by atoms with Gasteiger partial charge in [-0.3, -0.25) is 4.79 Å². The number of aromatic nitrogens is 4. The third-order valence-electron chi connectivity index (χ3n) is 4.90. The zero-order valence-electron chi connectivity index (χ0n) is 17.6. The highest BCUT2D eigenvalue weighted by atomic mass is 16.5. The van der Waals surface area contributed by atoms with Crippen molar-refractivity contribution in [1.82, 2.24) is 25.2 Å². The zero-order chi connectivity index (χ0) is 21.8. The third-order valence-corrected chi connectivity index (χ3v) is 4.90. The van der Waals surface area contributed by atoms with E-state index in [0.717, 1.165) is 6.42 Å². The maximum Gasteiger partial charge on any atom is 0.254 e. The maximum absolute atomic E-state index is 12.8. The van der Waals surface area contributed by atoms with E-state index in [1.807, 2.05) is 24.3 Å². The lowest BCUT2D eigenvalue weighted by Crippen LogP contribution is -2.26. The van der Waals surface area contributed by atoms with Crippen LogP contribution < -0.4 is 0 Å². The first kappa shape index (κ1) is 20.5. The fourth-order valence-corrected chi connectivity index (χ4v) is 3.30. The smallest absolute Gasteiger partial charge is 0.254 e. The number of benzene rings is 2. The van der Waals surface area contributed by atoms with Gasteiger partial charge in [-0.2, -0.15) is 4.98 Å². The van der Waals surface area contributed by atoms with Crippen LogP contribution in [0.25, 0.3) is 11.5 Å². The molecule has 0 aliphatic carbocycles. The van der Waals surface area contributed by atoms with Crippen LogP contribution in [-0.4, -0.2) is 38.2 Å². The van der Waals surface area contributed by atoms with Gasteiger partial charge in [0.25, 0.3) is 5.91 Å². The Balaban J connectivity index is 1.47. The number of carbonyl (C=O) groups excluding carboxylic acids is 1. The summed E-state index contributed by atoms with van der Waals surface area (Å²) in [6.45, 7) is 4.02. The normalized spacial score (nSPS) is 12.0. The van der Waals surface area contributed by atoms with Gasteiger partial charge in [-0.05, 0) is 30.2 Å². The second-order valence-corrected chi connectivity index (χ2v) is 7.51. The summed E-state index contributed by atoms with van der Waals surface area (Å²) in [5.74, 6) is 1.80. The minimum absolute atomic E-state index is 0.0815. The molecule has 1 amide bonds. The van der Waals surface area contributed by atoms with E-state index in [-0.39, 0.29) is 18.4 Å². The maximum atomic E-state index is 12.8. The molecule has 1 unspecified atom stereocenters. The topological polar surface area (TPSA) is 98.2 Å². The molecule has 4 aromatic rings. The molecule has 0 saturated carbocycles. The van der Waals surface area contributed by atoms with Crippen molar-refractivity contribution in [2.45, 2.75) is 32.7 Å². The molecule has 0 aliphatic heterocycles. The van der Waals surface area contributed by atoms with Crippen molar-refractivity contribution in [3.63, 3.8) is 0 Å². The third kappa shape index (κ3) is 4.85. The van der Waals surface area contributed by atoms with Crippen molar-refractivity contribution in [3.05, 3.63) is 83.3 Å². The molecule has 8 heteroatoms. The van der Waals surface area contributed by atoms with Crippen LogP contribution in [0.3, 0.4) is 0 Å². The molecular weight excluding hydrogens is 394 g/mol. The van der Waals surface area contributed by atoms with Gasteiger partial charge in [-0.1, -0.05) is 48.5 Å². The lowest BCUT2D eigenvalue weighted by atomic mass is 10.0. The average molecular weight is 417 g/mol. The van der Waals surface area contributed by atoms with Crippen LogP contribution in [0, 0.1) is 6.92 Å². The highest BCUT2D eigenvalue weighted by Gasteiger charge is 2.18. The first-order valence-electron chi connectivity index (χ1n) is 10.0. The lowest BCUT2D eigenvalue weighted by molar-refractivity contribution is 0.0780. The monoisotopic (exact) mass is 417 g/mol. The molecule has 0 fully saturated rings. The quantitative estimate of drug-likeness (QED) is 0.447. The predicted octanol–water partition coefficient (Wildman–Crippen LogP) is 4.05. The Morgan fingerprint density at radius 1 is 1.10 bits per heavy atom. The summed E-state index contributed by atoms with van der Waals surface area (Å²) in [6.07, 6.45) is 0.807. The van der Waals surface area contributed by atoms with Crippen LogP contribution in [-0.2, 0) is 13.0 Å². The van der Waals surface area contributed by atoms with Gasteiger partial charge in [0.15, 0.2) is 5.82 Å². The van der Waals surface area contributed by atoms with Gasteiger partial charge in [0.05, 0.1) is 6.54 Å². The molecule has 31 heavy (non-hydrogen) atoms. The Morgan fingerprint density at radius 2 is 1.90 bits per heavy atom. The van der Waals surface area contributed by atoms with E-state index in [1.165, 1.54) is 10.5 Å². The van der Waals surface area contributed by atoms with Crippen LogP contribution in [0.15, 0.2) is 63.5 Å². The second kappa shape index (κ2) is 8.91. The minimum Gasteiger partial charge on any atom is -0.420 e. The van der Waals surface area contributed by atoms with Crippen LogP contribution in [0.1, 0.15) is 46.4 Å². The number of hydrogen-bond donors (Lipinski definition) is 0. The average Bonchev–Trinajstić information content (AvgIpc) is 3.43. The first-order valence-corrected chi connectivity index (χ1v) is 10.0. The van der Waals surface area contributed by atoms with E-state index >= 15 is 0 Å². The summed E-state index contributed by atoms with van der Waals surface area (Å²) in [5, 5.41) is 12.2. The van der Waals surface area contributed by atoms with Gasteiger partial charge in [0, 0.05) is 31.0 Å². The van der Waals surface area contributed by atoms with E-state index in [1.54, 1.807) is 32.2 Å². The number of carbonyl (C=O) groups is 1. The molecule has 0 saturated heterocycles. The molecule has 8 nitrogen and oxygen atoms in total. The summed E-state index contributed by atoms with van der Waals surface area (Å²) in [4.78, 5) is 18.5. The van der Waals surface area contributed by atoms with Crippen molar-refractivity contribution in [2.75, 3.05) is 7.05 Å². The SMILES string of the molecule is Cc1nc(CN(C)C(=O)c2cccc(-c3nnc(C(C)Cc4ccccc4)o3)c2)no1. The van der Waals surface area contributed by atoms with Gasteiger partial charge in [-0.15, -0.1) is 10.2 Å². The van der Waals surface area contributed by atoms with Gasteiger partial charge in [-0.25, -0.2) is 0 Å². The fraction of sp³-hybridized carbons (Fsp3) is 0.261. The summed E-state index contributed by atoms with van der Waals surface area (Å²) in [5.41, 5.74) is 2.42. The molecule has 1 atom stereocenters.